The number of hydrogen-bond acceptors (Lipinski definition) is 4. The van der Waals surface area contributed by atoms with Crippen molar-refractivity contribution in [1.29, 1.82) is 0 Å². The lowest BCUT2D eigenvalue weighted by Crippen LogP contribution is -2.56. The van der Waals surface area contributed by atoms with Crippen molar-refractivity contribution >= 4 is 17.8 Å². The number of piperazine rings is 1. The Morgan fingerprint density at radius 2 is 1.89 bits per heavy atom. The number of benzene rings is 1. The molecule has 0 unspecified atom stereocenters. The zero-order valence-electron chi connectivity index (χ0n) is 15.1. The Morgan fingerprint density at radius 1 is 1.15 bits per heavy atom. The molecule has 27 heavy (non-hydrogen) atoms. The average molecular weight is 372 g/mol. The fourth-order valence-electron chi connectivity index (χ4n) is 4.46. The van der Waals surface area contributed by atoms with E-state index in [-0.39, 0.29) is 23.8 Å². The number of amides is 4. The van der Waals surface area contributed by atoms with Crippen LogP contribution < -0.4 is 15.8 Å². The first kappa shape index (κ1) is 17.6. The molecule has 0 bridgehead atoms. The van der Waals surface area contributed by atoms with Crippen LogP contribution in [-0.2, 0) is 15.0 Å². The van der Waals surface area contributed by atoms with Crippen molar-refractivity contribution in [3.63, 3.8) is 0 Å². The Morgan fingerprint density at radius 3 is 2.59 bits per heavy atom. The van der Waals surface area contributed by atoms with Crippen LogP contribution in [0.15, 0.2) is 24.3 Å². The van der Waals surface area contributed by atoms with Crippen LogP contribution >= 0.6 is 0 Å². The van der Waals surface area contributed by atoms with Crippen molar-refractivity contribution in [2.45, 2.75) is 30.8 Å². The number of piperidine rings is 1. The van der Waals surface area contributed by atoms with Crippen LogP contribution in [0, 0.1) is 0 Å². The third-order valence-electron chi connectivity index (χ3n) is 5.96. The minimum absolute atomic E-state index is 0.0722. The third-order valence-corrected chi connectivity index (χ3v) is 5.96. The maximum atomic E-state index is 13.0. The van der Waals surface area contributed by atoms with Gasteiger partial charge < -0.3 is 25.6 Å². The highest BCUT2D eigenvalue weighted by molar-refractivity contribution is 5.88. The molecule has 2 saturated heterocycles. The van der Waals surface area contributed by atoms with Gasteiger partial charge in [-0.25, -0.2) is 4.79 Å². The van der Waals surface area contributed by atoms with Crippen molar-refractivity contribution in [3.05, 3.63) is 29.8 Å². The molecule has 3 aliphatic heterocycles. The Bertz CT molecular complexity index is 773. The maximum absolute atomic E-state index is 13.0. The zero-order valence-corrected chi connectivity index (χ0v) is 15.1. The summed E-state index contributed by atoms with van der Waals surface area (Å²) in [5, 5.41) is 2.73. The lowest BCUT2D eigenvalue weighted by atomic mass is 9.67. The molecule has 3 N–H and O–H groups in total. The topological polar surface area (TPSA) is 105 Å². The van der Waals surface area contributed by atoms with Gasteiger partial charge in [-0.05, 0) is 18.9 Å². The summed E-state index contributed by atoms with van der Waals surface area (Å²) < 4.78 is 6.06. The van der Waals surface area contributed by atoms with Crippen LogP contribution in [0.2, 0.25) is 0 Å². The minimum Gasteiger partial charge on any atom is -0.480 e. The smallest absolute Gasteiger partial charge is 0.314 e. The van der Waals surface area contributed by atoms with Crippen LogP contribution in [-0.4, -0.2) is 66.5 Å². The van der Waals surface area contributed by atoms with Gasteiger partial charge >= 0.3 is 6.03 Å². The normalized spacial score (nSPS) is 24.0. The molecule has 4 rings (SSSR count). The van der Waals surface area contributed by atoms with Crippen LogP contribution in [0.25, 0.3) is 0 Å². The molecule has 3 aliphatic rings. The number of fused-ring (bicyclic) bond motifs is 2. The van der Waals surface area contributed by atoms with Crippen LogP contribution in [0.4, 0.5) is 4.79 Å². The van der Waals surface area contributed by atoms with Gasteiger partial charge in [-0.1, -0.05) is 18.2 Å². The van der Waals surface area contributed by atoms with E-state index in [1.807, 2.05) is 24.3 Å². The predicted molar refractivity (Wildman–Crippen MR) is 97.1 cm³/mol. The number of para-hydroxylation sites is 1. The minimum atomic E-state index is -0.620. The zero-order chi connectivity index (χ0) is 19.0. The number of primary amides is 1. The van der Waals surface area contributed by atoms with Crippen molar-refractivity contribution < 1.29 is 19.1 Å². The Kier molecular flexibility index (Phi) is 4.41. The molecule has 4 amide bonds. The van der Waals surface area contributed by atoms with Crippen molar-refractivity contribution in [1.82, 2.24) is 15.1 Å². The number of urea groups is 1. The van der Waals surface area contributed by atoms with E-state index in [9.17, 15) is 14.4 Å². The van der Waals surface area contributed by atoms with Crippen LogP contribution in [0.1, 0.15) is 24.8 Å². The summed E-state index contributed by atoms with van der Waals surface area (Å²) in [6.07, 6.45) is 1.40. The summed E-state index contributed by atoms with van der Waals surface area (Å²) in [7, 11) is 0. The second kappa shape index (κ2) is 6.75. The summed E-state index contributed by atoms with van der Waals surface area (Å²) in [5.74, 6) is 0.433. The molecule has 1 spiro atoms. The van der Waals surface area contributed by atoms with Crippen LogP contribution in [0.3, 0.4) is 0 Å². The Labute approximate surface area is 157 Å². The highest BCUT2D eigenvalue weighted by Gasteiger charge is 2.47. The SMILES string of the molecule is NC(=O)N1CCC2(CC1)C[C@@H](C(=O)N1CCNC(=O)C1)Oc1ccccc12. The average Bonchev–Trinajstić information content (AvgIpc) is 2.68. The summed E-state index contributed by atoms with van der Waals surface area (Å²) in [4.78, 5) is 39.4. The fourth-order valence-corrected chi connectivity index (χ4v) is 4.46. The monoisotopic (exact) mass is 372 g/mol. The van der Waals surface area contributed by atoms with E-state index in [1.165, 1.54) is 0 Å². The number of ether oxygens (including phenoxy) is 1. The fraction of sp³-hybridized carbons (Fsp3) is 0.526. The van der Waals surface area contributed by atoms with Crippen molar-refractivity contribution in [2.75, 3.05) is 32.7 Å². The van der Waals surface area contributed by atoms with Gasteiger partial charge in [-0.15, -0.1) is 0 Å². The molecule has 0 saturated carbocycles. The summed E-state index contributed by atoms with van der Waals surface area (Å²) in [5.41, 5.74) is 6.30. The molecule has 1 atom stereocenters. The van der Waals surface area contributed by atoms with Gasteiger partial charge in [0.25, 0.3) is 5.91 Å². The maximum Gasteiger partial charge on any atom is 0.314 e. The van der Waals surface area contributed by atoms with Crippen LogP contribution in [0.5, 0.6) is 5.75 Å². The molecule has 8 nitrogen and oxygen atoms in total. The molecule has 1 aromatic rings. The van der Waals surface area contributed by atoms with E-state index in [1.54, 1.807) is 9.80 Å². The molecule has 2 fully saturated rings. The molecule has 0 radical (unpaired) electrons. The molecule has 8 heteroatoms. The Balaban J connectivity index is 1.59. The van der Waals surface area contributed by atoms with E-state index in [2.05, 4.69) is 5.32 Å². The number of carbonyl (C=O) groups excluding carboxylic acids is 3. The van der Waals surface area contributed by atoms with Gasteiger partial charge in [0.15, 0.2) is 6.10 Å². The number of hydrogen-bond donors (Lipinski definition) is 2. The quantitative estimate of drug-likeness (QED) is 0.735. The third kappa shape index (κ3) is 3.20. The first-order valence-corrected chi connectivity index (χ1v) is 9.35. The number of carbonyl (C=O) groups is 3. The lowest BCUT2D eigenvalue weighted by Gasteiger charge is -2.47. The van der Waals surface area contributed by atoms with E-state index in [0.29, 0.717) is 32.6 Å². The summed E-state index contributed by atoms with van der Waals surface area (Å²) in [6, 6.07) is 7.40. The second-order valence-electron chi connectivity index (χ2n) is 7.52. The van der Waals surface area contributed by atoms with E-state index >= 15 is 0 Å². The molecule has 3 heterocycles. The van der Waals surface area contributed by atoms with Gasteiger partial charge in [-0.3, -0.25) is 9.59 Å². The van der Waals surface area contributed by atoms with Crippen molar-refractivity contribution in [2.24, 2.45) is 5.73 Å². The first-order chi connectivity index (χ1) is 13.0. The molecule has 144 valence electrons. The van der Waals surface area contributed by atoms with Gasteiger partial charge in [0.05, 0.1) is 6.54 Å². The summed E-state index contributed by atoms with van der Waals surface area (Å²) in [6.45, 7) is 2.16. The van der Waals surface area contributed by atoms with E-state index in [4.69, 9.17) is 10.5 Å². The standard InChI is InChI=1S/C19H24N4O4/c20-18(26)22-8-5-19(6-9-22)11-15(27-14-4-2-1-3-13(14)19)17(25)23-10-7-21-16(24)12-23/h1-4,15H,5-12H2,(H2,20,26)(H,21,24)/t15-/m0/s1. The van der Waals surface area contributed by atoms with Gasteiger partial charge in [0, 0.05) is 43.6 Å². The Hall–Kier alpha value is -2.77. The first-order valence-electron chi connectivity index (χ1n) is 9.35. The number of likely N-dealkylation sites (tertiary alicyclic amines) is 1. The lowest BCUT2D eigenvalue weighted by molar-refractivity contribution is -0.145. The number of nitrogens with two attached hydrogens (primary N) is 1. The van der Waals surface area contributed by atoms with Gasteiger partial charge in [0.1, 0.15) is 5.75 Å². The van der Waals surface area contributed by atoms with E-state index < -0.39 is 12.1 Å². The number of nitrogens with one attached hydrogen (secondary N) is 1. The number of nitrogens with zero attached hydrogens (tertiary/aromatic N) is 2. The van der Waals surface area contributed by atoms with Gasteiger partial charge in [-0.2, -0.15) is 0 Å². The van der Waals surface area contributed by atoms with E-state index in [0.717, 1.165) is 24.2 Å². The molecule has 0 aromatic heterocycles. The highest BCUT2D eigenvalue weighted by atomic mass is 16.5. The van der Waals surface area contributed by atoms with Crippen molar-refractivity contribution in [3.8, 4) is 5.75 Å². The van der Waals surface area contributed by atoms with Gasteiger partial charge in [0.2, 0.25) is 5.91 Å². The number of rotatable bonds is 1. The molecule has 1 aromatic carbocycles. The molecular weight excluding hydrogens is 348 g/mol. The second-order valence-corrected chi connectivity index (χ2v) is 7.52. The molecule has 0 aliphatic carbocycles. The highest BCUT2D eigenvalue weighted by Crippen LogP contribution is 2.47. The molecular formula is C19H24N4O4. The summed E-state index contributed by atoms with van der Waals surface area (Å²) >= 11 is 0. The largest absolute Gasteiger partial charge is 0.480 e. The predicted octanol–water partition coefficient (Wildman–Crippen LogP) is 0.208.